The van der Waals surface area contributed by atoms with Gasteiger partial charge >= 0.3 is 0 Å². The predicted octanol–water partition coefficient (Wildman–Crippen LogP) is 11.3. The van der Waals surface area contributed by atoms with Gasteiger partial charge in [-0.15, -0.1) is 0 Å². The van der Waals surface area contributed by atoms with Gasteiger partial charge in [-0.25, -0.2) is 0 Å². The second-order valence-corrected chi connectivity index (χ2v) is 13.3. The lowest BCUT2D eigenvalue weighted by Crippen LogP contribution is -2.23. The van der Waals surface area contributed by atoms with Crippen molar-refractivity contribution in [3.63, 3.8) is 0 Å². The lowest BCUT2D eigenvalue weighted by molar-refractivity contribution is 0.659. The summed E-state index contributed by atoms with van der Waals surface area (Å²) in [6.45, 7) is 11.5. The van der Waals surface area contributed by atoms with Crippen molar-refractivity contribution in [1.29, 1.82) is 0 Å². The third kappa shape index (κ3) is 3.69. The molecule has 1 unspecified atom stereocenters. The predicted molar refractivity (Wildman–Crippen MR) is 182 cm³/mol. The van der Waals surface area contributed by atoms with Crippen LogP contribution in [0.25, 0.3) is 44.5 Å². The highest BCUT2D eigenvalue weighted by molar-refractivity contribution is 5.90. The van der Waals surface area contributed by atoms with Crippen LogP contribution < -0.4 is 0 Å². The molecule has 0 aromatic heterocycles. The van der Waals surface area contributed by atoms with Gasteiger partial charge in [-0.3, -0.25) is 0 Å². The summed E-state index contributed by atoms with van der Waals surface area (Å²) in [5.41, 5.74) is 19.8. The summed E-state index contributed by atoms with van der Waals surface area (Å²) in [5, 5.41) is 0. The van der Waals surface area contributed by atoms with Crippen LogP contribution >= 0.6 is 0 Å². The van der Waals surface area contributed by atoms with Crippen molar-refractivity contribution < 1.29 is 0 Å². The zero-order chi connectivity index (χ0) is 29.5. The Kier molecular flexibility index (Phi) is 5.53. The van der Waals surface area contributed by atoms with Crippen LogP contribution in [0.5, 0.6) is 0 Å². The molecular weight excluding hydrogens is 516 g/mol. The average Bonchev–Trinajstić information content (AvgIpc) is 3.43. The topological polar surface area (TPSA) is 0 Å². The molecule has 0 radical (unpaired) electrons. The van der Waals surface area contributed by atoms with Crippen molar-refractivity contribution in [2.45, 2.75) is 45.4 Å². The van der Waals surface area contributed by atoms with Crippen molar-refractivity contribution in [1.82, 2.24) is 0 Å². The summed E-state index contributed by atoms with van der Waals surface area (Å²) >= 11 is 0. The van der Waals surface area contributed by atoms with Crippen molar-refractivity contribution in [3.05, 3.63) is 166 Å². The van der Waals surface area contributed by atoms with Crippen LogP contribution in [0.4, 0.5) is 0 Å². The summed E-state index contributed by atoms with van der Waals surface area (Å²) in [5.74, 6) is 0. The molecule has 0 amide bonds. The summed E-state index contributed by atoms with van der Waals surface area (Å²) in [4.78, 5) is 0. The molecule has 8 rings (SSSR count). The fourth-order valence-corrected chi connectivity index (χ4v) is 7.91. The standard InChI is InChI=1S/C43H36/c1-27-13-17-29(18-14-27)31-21-23-35-34-9-6-7-12-39(34)43(5,40(35)25-31)32-22-24-38-37(26-32)36-11-8-10-33(41(36)42(38,3)4)30-19-15-28(2)16-20-30/h6-26H,1-5H3. The van der Waals surface area contributed by atoms with Gasteiger partial charge in [0.15, 0.2) is 0 Å². The van der Waals surface area contributed by atoms with Crippen molar-refractivity contribution >= 4 is 0 Å². The van der Waals surface area contributed by atoms with Crippen LogP contribution in [-0.2, 0) is 10.8 Å². The molecule has 0 bridgehead atoms. The number of hydrogen-bond donors (Lipinski definition) is 0. The summed E-state index contributed by atoms with van der Waals surface area (Å²) in [6, 6.07) is 48.2. The van der Waals surface area contributed by atoms with Gasteiger partial charge in [0.2, 0.25) is 0 Å². The SMILES string of the molecule is Cc1ccc(-c2ccc3c(c2)C(C)(c2ccc4c(c2)-c2cccc(-c5ccc(C)cc5)c2C4(C)C)c2ccccc2-3)cc1. The Hall–Kier alpha value is -4.68. The van der Waals surface area contributed by atoms with E-state index in [1.165, 1.54) is 83.5 Å². The van der Waals surface area contributed by atoms with Crippen LogP contribution in [0.2, 0.25) is 0 Å². The summed E-state index contributed by atoms with van der Waals surface area (Å²) in [6.07, 6.45) is 0. The minimum Gasteiger partial charge on any atom is -0.0619 e. The maximum absolute atomic E-state index is 2.51. The second-order valence-electron chi connectivity index (χ2n) is 13.3. The molecule has 0 saturated heterocycles. The highest BCUT2D eigenvalue weighted by Crippen LogP contribution is 2.57. The fraction of sp³-hybridized carbons (Fsp3) is 0.163. The number of hydrogen-bond acceptors (Lipinski definition) is 0. The van der Waals surface area contributed by atoms with Gasteiger partial charge in [-0.2, -0.15) is 0 Å². The lowest BCUT2D eigenvalue weighted by atomic mass is 9.72. The first-order chi connectivity index (χ1) is 20.8. The van der Waals surface area contributed by atoms with Gasteiger partial charge in [0.25, 0.3) is 0 Å². The van der Waals surface area contributed by atoms with Gasteiger partial charge in [0.05, 0.1) is 0 Å². The largest absolute Gasteiger partial charge is 0.0619 e. The Morgan fingerprint density at radius 3 is 1.74 bits per heavy atom. The first kappa shape index (κ1) is 26.0. The number of rotatable bonds is 3. The Morgan fingerprint density at radius 1 is 0.395 bits per heavy atom. The minimum atomic E-state index is -0.261. The molecule has 208 valence electrons. The first-order valence-corrected chi connectivity index (χ1v) is 15.4. The third-order valence-electron chi connectivity index (χ3n) is 10.3. The number of fused-ring (bicyclic) bond motifs is 6. The van der Waals surface area contributed by atoms with E-state index < -0.39 is 0 Å². The number of aryl methyl sites for hydroxylation is 2. The number of benzene rings is 6. The lowest BCUT2D eigenvalue weighted by Gasteiger charge is -2.30. The van der Waals surface area contributed by atoms with Gasteiger partial charge in [0, 0.05) is 10.8 Å². The molecule has 0 N–H and O–H groups in total. The third-order valence-corrected chi connectivity index (χ3v) is 10.3. The normalized spacial score (nSPS) is 17.2. The Morgan fingerprint density at radius 2 is 1.00 bits per heavy atom. The smallest absolute Gasteiger partial charge is 0.0435 e. The Bertz CT molecular complexity index is 2050. The molecule has 0 saturated carbocycles. The maximum atomic E-state index is 2.51. The van der Waals surface area contributed by atoms with Crippen LogP contribution in [-0.4, -0.2) is 0 Å². The van der Waals surface area contributed by atoms with Gasteiger partial charge in [-0.05, 0) is 105 Å². The van der Waals surface area contributed by atoms with E-state index in [1.54, 1.807) is 0 Å². The van der Waals surface area contributed by atoms with Gasteiger partial charge < -0.3 is 0 Å². The summed E-state index contributed by atoms with van der Waals surface area (Å²) in [7, 11) is 0. The first-order valence-electron chi connectivity index (χ1n) is 15.4. The fourth-order valence-electron chi connectivity index (χ4n) is 7.91. The molecule has 0 heterocycles. The van der Waals surface area contributed by atoms with E-state index in [-0.39, 0.29) is 10.8 Å². The molecular formula is C43H36. The minimum absolute atomic E-state index is 0.0876. The van der Waals surface area contributed by atoms with Crippen molar-refractivity contribution in [2.75, 3.05) is 0 Å². The molecule has 0 aliphatic heterocycles. The zero-order valence-corrected chi connectivity index (χ0v) is 25.6. The van der Waals surface area contributed by atoms with Gasteiger partial charge in [0.1, 0.15) is 0 Å². The van der Waals surface area contributed by atoms with Crippen LogP contribution in [0.15, 0.2) is 127 Å². The summed E-state index contributed by atoms with van der Waals surface area (Å²) < 4.78 is 0. The van der Waals surface area contributed by atoms with E-state index in [0.29, 0.717) is 0 Å². The van der Waals surface area contributed by atoms with Crippen molar-refractivity contribution in [3.8, 4) is 44.5 Å². The van der Waals surface area contributed by atoms with Gasteiger partial charge in [-0.1, -0.05) is 140 Å². The van der Waals surface area contributed by atoms with Crippen molar-refractivity contribution in [2.24, 2.45) is 0 Å². The average molecular weight is 553 g/mol. The van der Waals surface area contributed by atoms with Crippen LogP contribution in [0.1, 0.15) is 59.7 Å². The highest BCUT2D eigenvalue weighted by atomic mass is 14.5. The second kappa shape index (κ2) is 9.16. The molecule has 2 aliphatic rings. The van der Waals surface area contributed by atoms with E-state index in [9.17, 15) is 0 Å². The monoisotopic (exact) mass is 552 g/mol. The van der Waals surface area contributed by atoms with E-state index in [0.717, 1.165) is 0 Å². The molecule has 43 heavy (non-hydrogen) atoms. The van der Waals surface area contributed by atoms with E-state index in [1.807, 2.05) is 0 Å². The molecule has 6 aromatic rings. The van der Waals surface area contributed by atoms with E-state index in [4.69, 9.17) is 0 Å². The van der Waals surface area contributed by atoms with Crippen LogP contribution in [0.3, 0.4) is 0 Å². The molecule has 0 nitrogen and oxygen atoms in total. The van der Waals surface area contributed by atoms with E-state index >= 15 is 0 Å². The molecule has 0 fully saturated rings. The maximum Gasteiger partial charge on any atom is 0.0435 e. The zero-order valence-electron chi connectivity index (χ0n) is 25.6. The Balaban J connectivity index is 1.33. The molecule has 2 aliphatic carbocycles. The highest BCUT2D eigenvalue weighted by Gasteiger charge is 2.43. The van der Waals surface area contributed by atoms with Crippen LogP contribution in [0, 0.1) is 13.8 Å². The quantitative estimate of drug-likeness (QED) is 0.205. The molecule has 1 atom stereocenters. The molecule has 0 spiro atoms. The van der Waals surface area contributed by atoms with E-state index in [2.05, 4.69) is 162 Å². The Labute approximate surface area is 255 Å². The molecule has 6 aromatic carbocycles. The molecule has 0 heteroatoms.